The maximum Gasteiger partial charge on any atom is 0.119 e. The van der Waals surface area contributed by atoms with Crippen LogP contribution in [0.25, 0.3) is 5.57 Å². The predicted molar refractivity (Wildman–Crippen MR) is 185 cm³/mol. The number of hydrogen-bond donors (Lipinski definition) is 2. The van der Waals surface area contributed by atoms with Gasteiger partial charge < -0.3 is 15.6 Å². The van der Waals surface area contributed by atoms with Gasteiger partial charge in [-0.1, -0.05) is 78.0 Å². The van der Waals surface area contributed by atoms with Gasteiger partial charge >= 0.3 is 0 Å². The molecule has 2 aromatic carbocycles. The molecular weight excluding hydrogens is 533 g/mol. The maximum absolute atomic E-state index is 4.57. The zero-order chi connectivity index (χ0) is 30.4. The lowest BCUT2D eigenvalue weighted by atomic mass is 9.87. The van der Waals surface area contributed by atoms with E-state index in [-0.39, 0.29) is 0 Å². The average Bonchev–Trinajstić information content (AvgIpc) is 3.25. The van der Waals surface area contributed by atoms with Crippen LogP contribution in [0.5, 0.6) is 0 Å². The number of hydrazone groups is 1. The van der Waals surface area contributed by atoms with Crippen LogP contribution in [-0.4, -0.2) is 18.9 Å². The molecule has 1 aliphatic rings. The second kappa shape index (κ2) is 13.9. The van der Waals surface area contributed by atoms with Gasteiger partial charge in [0.15, 0.2) is 0 Å². The molecule has 42 heavy (non-hydrogen) atoms. The Morgan fingerprint density at radius 3 is 2.52 bits per heavy atom. The summed E-state index contributed by atoms with van der Waals surface area (Å²) in [7, 11) is 0. The first-order chi connectivity index (χ1) is 19.9. The van der Waals surface area contributed by atoms with Gasteiger partial charge in [-0.25, -0.2) is 0 Å². The number of rotatable bonds is 11. The van der Waals surface area contributed by atoms with Crippen LogP contribution in [0.1, 0.15) is 97.5 Å². The van der Waals surface area contributed by atoms with Gasteiger partial charge in [-0.3, -0.25) is 0 Å². The van der Waals surface area contributed by atoms with Crippen LogP contribution >= 0.6 is 11.3 Å². The Labute approximate surface area is 259 Å². The van der Waals surface area contributed by atoms with Gasteiger partial charge in [0.1, 0.15) is 5.84 Å². The fourth-order valence-corrected chi connectivity index (χ4v) is 6.62. The van der Waals surface area contributed by atoms with E-state index in [2.05, 4.69) is 118 Å². The smallest absolute Gasteiger partial charge is 0.119 e. The van der Waals surface area contributed by atoms with Crippen molar-refractivity contribution in [2.24, 2.45) is 16.4 Å². The van der Waals surface area contributed by atoms with Crippen LogP contribution in [0.3, 0.4) is 0 Å². The van der Waals surface area contributed by atoms with Crippen molar-refractivity contribution in [1.29, 1.82) is 0 Å². The number of benzene rings is 2. The molecule has 5 heteroatoms. The van der Waals surface area contributed by atoms with Gasteiger partial charge in [0.05, 0.1) is 6.54 Å². The summed E-state index contributed by atoms with van der Waals surface area (Å²) in [6, 6.07) is 16.2. The van der Waals surface area contributed by atoms with Crippen molar-refractivity contribution < 1.29 is 0 Å². The summed E-state index contributed by atoms with van der Waals surface area (Å²) in [5.41, 5.74) is 14.2. The number of anilines is 1. The molecule has 0 spiro atoms. The van der Waals surface area contributed by atoms with E-state index in [9.17, 15) is 0 Å². The highest BCUT2D eigenvalue weighted by Gasteiger charge is 2.20. The van der Waals surface area contributed by atoms with Crippen molar-refractivity contribution in [1.82, 2.24) is 10.7 Å². The molecule has 0 radical (unpaired) electrons. The number of fused-ring (bicyclic) bond motifs is 1. The molecule has 3 aromatic rings. The van der Waals surface area contributed by atoms with Gasteiger partial charge in [-0.05, 0) is 96.9 Å². The fourth-order valence-electron chi connectivity index (χ4n) is 5.48. The van der Waals surface area contributed by atoms with Crippen molar-refractivity contribution >= 4 is 28.4 Å². The molecule has 226 valence electrons. The first-order valence-corrected chi connectivity index (χ1v) is 16.5. The third-order valence-electron chi connectivity index (χ3n) is 8.68. The molecule has 0 amide bonds. The molecule has 0 saturated heterocycles. The fraction of sp³-hybridized carbons (Fsp3) is 0.486. The molecular formula is C37H52N4S. The summed E-state index contributed by atoms with van der Waals surface area (Å²) in [6.07, 6.45) is 4.62. The summed E-state index contributed by atoms with van der Waals surface area (Å²) in [6.45, 7) is 26.1. The third-order valence-corrected chi connectivity index (χ3v) is 9.88. The molecule has 1 unspecified atom stereocenters. The second-order valence-electron chi connectivity index (χ2n) is 13.4. The number of nitrogens with zero attached hydrogens (tertiary/aromatic N) is 2. The van der Waals surface area contributed by atoms with E-state index in [0.29, 0.717) is 17.9 Å². The summed E-state index contributed by atoms with van der Waals surface area (Å²) in [5.74, 6) is 1.57. The molecule has 0 saturated carbocycles. The van der Waals surface area contributed by atoms with E-state index in [0.717, 1.165) is 43.9 Å². The molecule has 1 aromatic heterocycles. The summed E-state index contributed by atoms with van der Waals surface area (Å²) in [5, 5.41) is 7.99. The zero-order valence-corrected chi connectivity index (χ0v) is 28.1. The van der Waals surface area contributed by atoms with Gasteiger partial charge in [0.2, 0.25) is 0 Å². The van der Waals surface area contributed by atoms with Crippen LogP contribution in [0.15, 0.2) is 54.1 Å². The van der Waals surface area contributed by atoms with Gasteiger partial charge in [-0.15, -0.1) is 11.3 Å². The Bertz CT molecular complexity index is 1390. The minimum Gasteiger partial charge on any atom is -0.372 e. The summed E-state index contributed by atoms with van der Waals surface area (Å²) < 4.78 is 0. The number of hydrogen-bond acceptors (Lipinski definition) is 4. The highest BCUT2D eigenvalue weighted by atomic mass is 32.1. The molecule has 1 atom stereocenters. The Balaban J connectivity index is 1.43. The summed E-state index contributed by atoms with van der Waals surface area (Å²) in [4.78, 5) is 5.14. The molecule has 2 N–H and O–H groups in total. The lowest BCUT2D eigenvalue weighted by Gasteiger charge is -2.31. The van der Waals surface area contributed by atoms with E-state index in [1.807, 2.05) is 18.3 Å². The van der Waals surface area contributed by atoms with Crippen molar-refractivity contribution in [2.75, 3.05) is 18.0 Å². The van der Waals surface area contributed by atoms with Crippen molar-refractivity contribution in [3.05, 3.63) is 92.2 Å². The zero-order valence-electron chi connectivity index (χ0n) is 27.3. The standard InChI is InChI=1S/C37H52N4S/c1-10-25(2)22-38-29(6)40-39-23-35-36(26(3)28(5)42-35)27(4)31-13-15-34(16-14-31)41-20-18-32-12-11-30(21-33(32)24-41)17-19-37(7,8)9/h11-16,21,25,39H,4,10,17-20,22-24H2,1-3,5-9H3,(H,38,40). The Hall–Kier alpha value is -3.05. The molecule has 0 bridgehead atoms. The van der Waals surface area contributed by atoms with Crippen LogP contribution in [0.4, 0.5) is 5.69 Å². The number of aryl methyl sites for hydroxylation is 2. The van der Waals surface area contributed by atoms with E-state index in [1.165, 1.54) is 61.7 Å². The number of nitrogens with one attached hydrogen (secondary N) is 2. The highest BCUT2D eigenvalue weighted by Crippen LogP contribution is 2.36. The Morgan fingerprint density at radius 2 is 1.83 bits per heavy atom. The maximum atomic E-state index is 4.57. The minimum absolute atomic E-state index is 0.364. The van der Waals surface area contributed by atoms with Gasteiger partial charge in [-0.2, -0.15) is 5.10 Å². The molecule has 4 nitrogen and oxygen atoms in total. The Kier molecular flexibility index (Phi) is 10.6. The van der Waals surface area contributed by atoms with Crippen LogP contribution in [-0.2, 0) is 25.9 Å². The highest BCUT2D eigenvalue weighted by molar-refractivity contribution is 7.12. The average molecular weight is 585 g/mol. The number of thiophene rings is 1. The monoisotopic (exact) mass is 584 g/mol. The number of amidine groups is 1. The SMILES string of the molecule is C=C(c1ccc(N2CCc3ccc(CCC(C)(C)C)cc3C2)cc1)c1c(CN/N=C(/C)NCC(C)CC)sc(C)c1C. The van der Waals surface area contributed by atoms with E-state index in [4.69, 9.17) is 0 Å². The lowest BCUT2D eigenvalue weighted by Crippen LogP contribution is -2.30. The quantitative estimate of drug-likeness (QED) is 0.134. The molecule has 2 heterocycles. The van der Waals surface area contributed by atoms with Crippen molar-refractivity contribution in [3.63, 3.8) is 0 Å². The van der Waals surface area contributed by atoms with Crippen molar-refractivity contribution in [3.8, 4) is 0 Å². The van der Waals surface area contributed by atoms with Gasteiger partial charge in [0.25, 0.3) is 0 Å². The predicted octanol–water partition coefficient (Wildman–Crippen LogP) is 9.03. The van der Waals surface area contributed by atoms with E-state index >= 15 is 0 Å². The molecule has 0 fully saturated rings. The minimum atomic E-state index is 0.364. The third kappa shape index (κ3) is 8.28. The van der Waals surface area contributed by atoms with Crippen LogP contribution in [0.2, 0.25) is 0 Å². The first-order valence-electron chi connectivity index (χ1n) is 15.7. The lowest BCUT2D eigenvalue weighted by molar-refractivity contribution is 0.378. The van der Waals surface area contributed by atoms with Gasteiger partial charge in [0, 0.05) is 40.6 Å². The van der Waals surface area contributed by atoms with Crippen molar-refractivity contribution in [2.45, 2.75) is 94.2 Å². The molecule has 0 aliphatic carbocycles. The van der Waals surface area contributed by atoms with E-state index in [1.54, 1.807) is 0 Å². The topological polar surface area (TPSA) is 39.7 Å². The summed E-state index contributed by atoms with van der Waals surface area (Å²) >= 11 is 1.84. The van der Waals surface area contributed by atoms with Crippen LogP contribution < -0.4 is 15.6 Å². The molecule has 4 rings (SSSR count). The normalized spacial score (nSPS) is 14.5. The Morgan fingerprint density at radius 1 is 1.10 bits per heavy atom. The largest absolute Gasteiger partial charge is 0.372 e. The van der Waals surface area contributed by atoms with E-state index < -0.39 is 0 Å². The van der Waals surface area contributed by atoms with Crippen LogP contribution in [0, 0.1) is 25.2 Å². The second-order valence-corrected chi connectivity index (χ2v) is 14.7. The first kappa shape index (κ1) is 31.9. The molecule has 1 aliphatic heterocycles.